The van der Waals surface area contributed by atoms with Crippen molar-refractivity contribution in [3.05, 3.63) is 0 Å². The summed E-state index contributed by atoms with van der Waals surface area (Å²) in [7, 11) is 0. The van der Waals surface area contributed by atoms with Gasteiger partial charge in [0.2, 0.25) is 0 Å². The number of nitrogens with zero attached hydrogens (tertiary/aromatic N) is 1. The Morgan fingerprint density at radius 2 is 1.94 bits per heavy atom. The van der Waals surface area contributed by atoms with Gasteiger partial charge in [0.25, 0.3) is 0 Å². The molecule has 1 heterocycles. The van der Waals surface area contributed by atoms with Crippen LogP contribution in [0, 0.1) is 5.92 Å². The van der Waals surface area contributed by atoms with Crippen LogP contribution in [0.25, 0.3) is 0 Å². The molecule has 0 aromatic rings. The van der Waals surface area contributed by atoms with E-state index < -0.39 is 0 Å². The molecule has 1 saturated carbocycles. The highest BCUT2D eigenvalue weighted by Gasteiger charge is 2.28. The summed E-state index contributed by atoms with van der Waals surface area (Å²) < 4.78 is 0. The van der Waals surface area contributed by atoms with E-state index in [-0.39, 0.29) is 0 Å². The second kappa shape index (κ2) is 7.49. The summed E-state index contributed by atoms with van der Waals surface area (Å²) in [6.07, 6.45) is 11.3. The van der Waals surface area contributed by atoms with Crippen LogP contribution in [0.1, 0.15) is 65.2 Å². The van der Waals surface area contributed by atoms with E-state index >= 15 is 0 Å². The van der Waals surface area contributed by atoms with Gasteiger partial charge >= 0.3 is 0 Å². The molecule has 1 aliphatic carbocycles. The molecule has 2 rings (SSSR count). The van der Waals surface area contributed by atoms with E-state index in [0.29, 0.717) is 0 Å². The van der Waals surface area contributed by atoms with Crippen LogP contribution in [0.2, 0.25) is 0 Å². The predicted octanol–water partition coefficient (Wildman–Crippen LogP) is 3.42. The SMILES string of the molecule is CCCC(C)N1CCCNC(C2CCCCC2)C1. The average molecular weight is 252 g/mol. The number of nitrogens with one attached hydrogen (secondary N) is 1. The molecule has 106 valence electrons. The molecular formula is C16H32N2. The smallest absolute Gasteiger partial charge is 0.0223 e. The van der Waals surface area contributed by atoms with Crippen molar-refractivity contribution in [2.45, 2.75) is 77.3 Å². The summed E-state index contributed by atoms with van der Waals surface area (Å²) in [6.45, 7) is 8.57. The van der Waals surface area contributed by atoms with Gasteiger partial charge in [0.15, 0.2) is 0 Å². The van der Waals surface area contributed by atoms with E-state index in [4.69, 9.17) is 0 Å². The van der Waals surface area contributed by atoms with Crippen LogP contribution >= 0.6 is 0 Å². The van der Waals surface area contributed by atoms with Gasteiger partial charge in [-0.2, -0.15) is 0 Å². The first-order valence-corrected chi connectivity index (χ1v) is 8.28. The molecule has 2 aliphatic rings. The second-order valence-corrected chi connectivity index (χ2v) is 6.44. The van der Waals surface area contributed by atoms with Crippen molar-refractivity contribution < 1.29 is 0 Å². The van der Waals surface area contributed by atoms with Crippen LogP contribution < -0.4 is 5.32 Å². The Balaban J connectivity index is 1.89. The van der Waals surface area contributed by atoms with Gasteiger partial charge in [-0.3, -0.25) is 4.90 Å². The van der Waals surface area contributed by atoms with E-state index in [1.807, 2.05) is 0 Å². The molecule has 2 heteroatoms. The van der Waals surface area contributed by atoms with Crippen LogP contribution in [-0.4, -0.2) is 36.6 Å². The van der Waals surface area contributed by atoms with Crippen LogP contribution in [0.3, 0.4) is 0 Å². The molecule has 1 aliphatic heterocycles. The van der Waals surface area contributed by atoms with Crippen LogP contribution in [-0.2, 0) is 0 Å². The topological polar surface area (TPSA) is 15.3 Å². The van der Waals surface area contributed by atoms with Crippen LogP contribution in [0.5, 0.6) is 0 Å². The van der Waals surface area contributed by atoms with E-state index in [1.165, 1.54) is 71.0 Å². The van der Waals surface area contributed by atoms with Gasteiger partial charge in [-0.25, -0.2) is 0 Å². The third-order valence-electron chi connectivity index (χ3n) is 5.01. The molecule has 2 fully saturated rings. The lowest BCUT2D eigenvalue weighted by Gasteiger charge is -2.35. The summed E-state index contributed by atoms with van der Waals surface area (Å²) in [5.74, 6) is 0.952. The van der Waals surface area contributed by atoms with Crippen molar-refractivity contribution in [2.75, 3.05) is 19.6 Å². The van der Waals surface area contributed by atoms with Crippen molar-refractivity contribution in [2.24, 2.45) is 5.92 Å². The molecule has 1 N–H and O–H groups in total. The maximum Gasteiger partial charge on any atom is 0.0223 e. The minimum atomic E-state index is 0.770. The lowest BCUT2D eigenvalue weighted by atomic mass is 9.83. The zero-order valence-corrected chi connectivity index (χ0v) is 12.5. The molecule has 0 radical (unpaired) electrons. The highest BCUT2D eigenvalue weighted by molar-refractivity contribution is 4.86. The summed E-state index contributed by atoms with van der Waals surface area (Å²) >= 11 is 0. The van der Waals surface area contributed by atoms with Gasteiger partial charge in [-0.15, -0.1) is 0 Å². The maximum atomic E-state index is 3.84. The molecule has 2 nitrogen and oxygen atoms in total. The van der Waals surface area contributed by atoms with E-state index in [9.17, 15) is 0 Å². The first kappa shape index (κ1) is 14.3. The van der Waals surface area contributed by atoms with Crippen molar-refractivity contribution >= 4 is 0 Å². The summed E-state index contributed by atoms with van der Waals surface area (Å²) in [5.41, 5.74) is 0. The molecule has 1 saturated heterocycles. The quantitative estimate of drug-likeness (QED) is 0.825. The Morgan fingerprint density at radius 1 is 1.17 bits per heavy atom. The predicted molar refractivity (Wildman–Crippen MR) is 78.9 cm³/mol. The zero-order valence-electron chi connectivity index (χ0n) is 12.5. The van der Waals surface area contributed by atoms with Gasteiger partial charge in [-0.05, 0) is 51.6 Å². The Morgan fingerprint density at radius 3 is 2.67 bits per heavy atom. The maximum absolute atomic E-state index is 3.84. The molecule has 2 unspecified atom stereocenters. The molecule has 2 atom stereocenters. The summed E-state index contributed by atoms with van der Waals surface area (Å²) in [4.78, 5) is 2.75. The molecular weight excluding hydrogens is 220 g/mol. The normalized spacial score (nSPS) is 30.0. The molecule has 18 heavy (non-hydrogen) atoms. The van der Waals surface area contributed by atoms with Gasteiger partial charge in [-0.1, -0.05) is 32.6 Å². The second-order valence-electron chi connectivity index (χ2n) is 6.44. The van der Waals surface area contributed by atoms with E-state index in [0.717, 1.165) is 18.0 Å². The van der Waals surface area contributed by atoms with Crippen molar-refractivity contribution in [1.29, 1.82) is 0 Å². The molecule has 0 bridgehead atoms. The van der Waals surface area contributed by atoms with Crippen LogP contribution in [0.15, 0.2) is 0 Å². The Labute approximate surface area is 114 Å². The zero-order chi connectivity index (χ0) is 12.8. The Hall–Kier alpha value is -0.0800. The van der Waals surface area contributed by atoms with Crippen molar-refractivity contribution in [3.8, 4) is 0 Å². The lowest BCUT2D eigenvalue weighted by Crippen LogP contribution is -2.46. The molecule has 0 aromatic heterocycles. The van der Waals surface area contributed by atoms with Gasteiger partial charge in [0.1, 0.15) is 0 Å². The fourth-order valence-electron chi connectivity index (χ4n) is 3.83. The first-order valence-electron chi connectivity index (χ1n) is 8.28. The Bertz CT molecular complexity index is 223. The van der Waals surface area contributed by atoms with Gasteiger partial charge < -0.3 is 5.32 Å². The third-order valence-corrected chi connectivity index (χ3v) is 5.01. The monoisotopic (exact) mass is 252 g/mol. The third kappa shape index (κ3) is 3.96. The molecule has 0 spiro atoms. The first-order chi connectivity index (χ1) is 8.81. The summed E-state index contributed by atoms with van der Waals surface area (Å²) in [6, 6.07) is 1.55. The summed E-state index contributed by atoms with van der Waals surface area (Å²) in [5, 5.41) is 3.84. The number of hydrogen-bond donors (Lipinski definition) is 1. The average Bonchev–Trinajstić information content (AvgIpc) is 2.66. The van der Waals surface area contributed by atoms with Crippen molar-refractivity contribution in [3.63, 3.8) is 0 Å². The number of rotatable bonds is 4. The fraction of sp³-hybridized carbons (Fsp3) is 1.00. The van der Waals surface area contributed by atoms with E-state index in [1.54, 1.807) is 0 Å². The van der Waals surface area contributed by atoms with Crippen LogP contribution in [0.4, 0.5) is 0 Å². The Kier molecular flexibility index (Phi) is 5.97. The highest BCUT2D eigenvalue weighted by atomic mass is 15.2. The minimum Gasteiger partial charge on any atom is -0.312 e. The minimum absolute atomic E-state index is 0.770. The number of hydrogen-bond acceptors (Lipinski definition) is 2. The largest absolute Gasteiger partial charge is 0.312 e. The lowest BCUT2D eigenvalue weighted by molar-refractivity contribution is 0.163. The fourth-order valence-corrected chi connectivity index (χ4v) is 3.83. The highest BCUT2D eigenvalue weighted by Crippen LogP contribution is 2.28. The standard InChI is InChI=1S/C16H32N2/c1-3-8-14(2)18-12-7-11-17-16(13-18)15-9-5-4-6-10-15/h14-17H,3-13H2,1-2H3. The van der Waals surface area contributed by atoms with Gasteiger partial charge in [0.05, 0.1) is 0 Å². The molecule has 0 aromatic carbocycles. The van der Waals surface area contributed by atoms with Gasteiger partial charge in [0, 0.05) is 18.6 Å². The van der Waals surface area contributed by atoms with Crippen molar-refractivity contribution in [1.82, 2.24) is 10.2 Å². The molecule has 0 amide bonds. The van der Waals surface area contributed by atoms with E-state index in [2.05, 4.69) is 24.1 Å².